The van der Waals surface area contributed by atoms with Crippen LogP contribution in [-0.4, -0.2) is 44.7 Å². The van der Waals surface area contributed by atoms with Gasteiger partial charge in [-0.25, -0.2) is 9.59 Å². The van der Waals surface area contributed by atoms with Gasteiger partial charge in [-0.1, -0.05) is 0 Å². The van der Waals surface area contributed by atoms with Gasteiger partial charge in [0, 0.05) is 17.2 Å². The minimum absolute atomic E-state index is 0.0407. The zero-order chi connectivity index (χ0) is 16.0. The van der Waals surface area contributed by atoms with Crippen molar-refractivity contribution < 1.29 is 33.7 Å². The molecule has 0 aliphatic carbocycles. The molecule has 0 spiro atoms. The highest BCUT2D eigenvalue weighted by molar-refractivity contribution is 6.03. The number of esters is 2. The highest BCUT2D eigenvalue weighted by Crippen LogP contribution is 2.37. The minimum atomic E-state index is -0.826. The molecule has 0 aliphatic rings. The highest BCUT2D eigenvalue weighted by atomic mass is 16.5. The number of phenols is 1. The third-order valence-corrected chi connectivity index (χ3v) is 2.64. The highest BCUT2D eigenvalue weighted by Gasteiger charge is 2.23. The van der Waals surface area contributed by atoms with Crippen LogP contribution in [0.2, 0.25) is 0 Å². The molecule has 7 heteroatoms. The van der Waals surface area contributed by atoms with Gasteiger partial charge in [-0.05, 0) is 12.1 Å². The number of rotatable bonds is 5. The average Bonchev–Trinajstić information content (AvgIpc) is 2.51. The van der Waals surface area contributed by atoms with Crippen LogP contribution in [0.15, 0.2) is 12.1 Å². The number of methoxy groups -OCH3 is 3. The maximum absolute atomic E-state index is 11.7. The summed E-state index contributed by atoms with van der Waals surface area (Å²) in [6.07, 6.45) is 2.71. The van der Waals surface area contributed by atoms with Crippen LogP contribution in [0.5, 0.6) is 11.5 Å². The summed E-state index contributed by atoms with van der Waals surface area (Å²) < 4.78 is 13.9. The Balaban J connectivity index is 3.51. The molecule has 0 unspecified atom stereocenters. The molecule has 112 valence electrons. The van der Waals surface area contributed by atoms with E-state index in [0.29, 0.717) is 6.29 Å². The van der Waals surface area contributed by atoms with E-state index in [4.69, 9.17) is 4.74 Å². The molecule has 1 aromatic rings. The second-order valence-corrected chi connectivity index (χ2v) is 3.78. The Morgan fingerprint density at radius 1 is 1.14 bits per heavy atom. The van der Waals surface area contributed by atoms with Crippen LogP contribution < -0.4 is 4.74 Å². The van der Waals surface area contributed by atoms with Crippen molar-refractivity contribution in [1.29, 1.82) is 0 Å². The molecule has 7 nitrogen and oxygen atoms in total. The zero-order valence-corrected chi connectivity index (χ0v) is 11.7. The minimum Gasteiger partial charge on any atom is -0.504 e. The van der Waals surface area contributed by atoms with E-state index < -0.39 is 17.7 Å². The number of aromatic hydroxyl groups is 1. The number of benzene rings is 1. The molecule has 1 N–H and O–H groups in total. The smallest absolute Gasteiger partial charge is 0.342 e. The molecule has 0 heterocycles. The molecule has 0 bridgehead atoms. The Morgan fingerprint density at radius 3 is 2.29 bits per heavy atom. The van der Waals surface area contributed by atoms with E-state index in [1.165, 1.54) is 26.4 Å². The summed E-state index contributed by atoms with van der Waals surface area (Å²) in [5, 5.41) is 10.1. The number of phenolic OH excluding ortho intramolecular Hbond substituents is 1. The molecule has 0 aliphatic heterocycles. The summed E-state index contributed by atoms with van der Waals surface area (Å²) in [5.74, 6) is -2.08. The lowest BCUT2D eigenvalue weighted by molar-refractivity contribution is -0.134. The number of aldehydes is 1. The summed E-state index contributed by atoms with van der Waals surface area (Å²) in [4.78, 5) is 33.9. The van der Waals surface area contributed by atoms with Gasteiger partial charge < -0.3 is 19.3 Å². The Kier molecular flexibility index (Phi) is 5.48. The van der Waals surface area contributed by atoms with Crippen molar-refractivity contribution in [1.82, 2.24) is 0 Å². The lowest BCUT2D eigenvalue weighted by atomic mass is 10.0. The van der Waals surface area contributed by atoms with Gasteiger partial charge in [0.1, 0.15) is 5.56 Å². The number of hydrogen-bond acceptors (Lipinski definition) is 7. The first-order valence-electron chi connectivity index (χ1n) is 5.73. The summed E-state index contributed by atoms with van der Waals surface area (Å²) in [5.41, 5.74) is -0.115. The Labute approximate surface area is 120 Å². The first-order chi connectivity index (χ1) is 9.99. The predicted octanol–water partition coefficient (Wildman–Crippen LogP) is 1.19. The molecule has 0 atom stereocenters. The Morgan fingerprint density at radius 2 is 1.81 bits per heavy atom. The van der Waals surface area contributed by atoms with Gasteiger partial charge in [0.05, 0.1) is 21.3 Å². The molecular formula is C14H14O7. The van der Waals surface area contributed by atoms with Crippen molar-refractivity contribution in [3.8, 4) is 11.5 Å². The number of carbonyl (C=O) groups excluding carboxylic acids is 3. The van der Waals surface area contributed by atoms with Crippen LogP contribution >= 0.6 is 0 Å². The van der Waals surface area contributed by atoms with E-state index in [-0.39, 0.29) is 22.4 Å². The van der Waals surface area contributed by atoms with Gasteiger partial charge in [-0.3, -0.25) is 4.79 Å². The van der Waals surface area contributed by atoms with E-state index in [0.717, 1.165) is 13.2 Å². The molecule has 21 heavy (non-hydrogen) atoms. The molecule has 1 aromatic carbocycles. The second kappa shape index (κ2) is 7.09. The third-order valence-electron chi connectivity index (χ3n) is 2.64. The van der Waals surface area contributed by atoms with Gasteiger partial charge >= 0.3 is 11.9 Å². The topological polar surface area (TPSA) is 99.1 Å². The molecule has 0 saturated carbocycles. The van der Waals surface area contributed by atoms with Crippen molar-refractivity contribution in [2.24, 2.45) is 0 Å². The van der Waals surface area contributed by atoms with Gasteiger partial charge in [-0.2, -0.15) is 0 Å². The standard InChI is InChI=1S/C14H14O7/c1-19-10(16)5-4-8-6-9(7-15)11(14(18)21-3)13(20-2)12(8)17/h4-7,17H,1-3H3/b5-4+. The van der Waals surface area contributed by atoms with Crippen molar-refractivity contribution in [3.63, 3.8) is 0 Å². The second-order valence-electron chi connectivity index (χ2n) is 3.78. The monoisotopic (exact) mass is 294 g/mol. The molecule has 0 amide bonds. The zero-order valence-electron chi connectivity index (χ0n) is 11.7. The Bertz CT molecular complexity index is 602. The van der Waals surface area contributed by atoms with Crippen molar-refractivity contribution in [3.05, 3.63) is 28.8 Å². The summed E-state index contributed by atoms with van der Waals surface area (Å²) in [7, 11) is 3.56. The van der Waals surface area contributed by atoms with Gasteiger partial charge in [0.2, 0.25) is 0 Å². The van der Waals surface area contributed by atoms with Crippen LogP contribution in [0.25, 0.3) is 6.08 Å². The average molecular weight is 294 g/mol. The maximum atomic E-state index is 11.7. The van der Waals surface area contributed by atoms with Crippen molar-refractivity contribution >= 4 is 24.3 Å². The SMILES string of the molecule is COC(=O)/C=C/c1cc(C=O)c(C(=O)OC)c(OC)c1O. The van der Waals surface area contributed by atoms with Crippen LogP contribution in [0.1, 0.15) is 26.3 Å². The van der Waals surface area contributed by atoms with Crippen LogP contribution in [0.3, 0.4) is 0 Å². The quantitative estimate of drug-likeness (QED) is 0.494. The molecular weight excluding hydrogens is 280 g/mol. The molecule has 0 saturated heterocycles. The third kappa shape index (κ3) is 3.38. The first kappa shape index (κ1) is 16.2. The normalized spacial score (nSPS) is 10.2. The fourth-order valence-electron chi connectivity index (χ4n) is 1.65. The van der Waals surface area contributed by atoms with E-state index in [1.807, 2.05) is 0 Å². The van der Waals surface area contributed by atoms with Crippen LogP contribution in [0, 0.1) is 0 Å². The predicted molar refractivity (Wildman–Crippen MR) is 72.4 cm³/mol. The van der Waals surface area contributed by atoms with Crippen LogP contribution in [0.4, 0.5) is 0 Å². The lowest BCUT2D eigenvalue weighted by Gasteiger charge is -2.13. The fraction of sp³-hybridized carbons (Fsp3) is 0.214. The van der Waals surface area contributed by atoms with E-state index in [2.05, 4.69) is 9.47 Å². The molecule has 0 radical (unpaired) electrons. The first-order valence-corrected chi connectivity index (χ1v) is 5.73. The molecule has 0 aromatic heterocycles. The van der Waals surface area contributed by atoms with E-state index >= 15 is 0 Å². The number of ether oxygens (including phenoxy) is 3. The van der Waals surface area contributed by atoms with Crippen molar-refractivity contribution in [2.45, 2.75) is 0 Å². The largest absolute Gasteiger partial charge is 0.504 e. The van der Waals surface area contributed by atoms with E-state index in [9.17, 15) is 19.5 Å². The van der Waals surface area contributed by atoms with Gasteiger partial charge in [0.25, 0.3) is 0 Å². The number of carbonyl (C=O) groups is 3. The maximum Gasteiger partial charge on any atom is 0.342 e. The fourth-order valence-corrected chi connectivity index (χ4v) is 1.65. The van der Waals surface area contributed by atoms with Gasteiger partial charge in [-0.15, -0.1) is 0 Å². The summed E-state index contributed by atoms with van der Waals surface area (Å²) in [6, 6.07) is 1.23. The van der Waals surface area contributed by atoms with Crippen LogP contribution in [-0.2, 0) is 14.3 Å². The molecule has 1 rings (SSSR count). The van der Waals surface area contributed by atoms with Crippen molar-refractivity contribution in [2.75, 3.05) is 21.3 Å². The lowest BCUT2D eigenvalue weighted by Crippen LogP contribution is -2.09. The summed E-state index contributed by atoms with van der Waals surface area (Å²) >= 11 is 0. The van der Waals surface area contributed by atoms with E-state index in [1.54, 1.807) is 0 Å². The summed E-state index contributed by atoms with van der Waals surface area (Å²) in [6.45, 7) is 0. The number of hydrogen-bond donors (Lipinski definition) is 1. The Hall–Kier alpha value is -2.83. The molecule has 0 fully saturated rings. The van der Waals surface area contributed by atoms with Gasteiger partial charge in [0.15, 0.2) is 17.8 Å².